The van der Waals surface area contributed by atoms with Crippen molar-refractivity contribution >= 4 is 17.2 Å². The van der Waals surface area contributed by atoms with Gasteiger partial charge in [-0.25, -0.2) is 0 Å². The van der Waals surface area contributed by atoms with Gasteiger partial charge in [0.1, 0.15) is 5.56 Å². The molecule has 1 saturated heterocycles. The molecule has 0 radical (unpaired) electrons. The summed E-state index contributed by atoms with van der Waals surface area (Å²) in [5, 5.41) is 4.16. The van der Waals surface area contributed by atoms with Crippen LogP contribution in [0.25, 0.3) is 0 Å². The number of thiophene rings is 1. The molecule has 0 bridgehead atoms. The summed E-state index contributed by atoms with van der Waals surface area (Å²) >= 11 is 1.65. The molecule has 0 spiro atoms. The van der Waals surface area contributed by atoms with Gasteiger partial charge in [-0.15, -0.1) is 0 Å². The second kappa shape index (κ2) is 6.55. The van der Waals surface area contributed by atoms with E-state index in [0.717, 1.165) is 56.3 Å². The van der Waals surface area contributed by atoms with E-state index in [1.807, 2.05) is 16.3 Å². The number of hydrogen-bond donors (Lipinski definition) is 1. The Morgan fingerprint density at radius 2 is 2.08 bits per heavy atom. The minimum atomic E-state index is -0.225. The highest BCUT2D eigenvalue weighted by atomic mass is 32.1. The SMILES string of the molecule is O=C(c1cc2c([nH]c1=O)CCCCC2)N1CCC[C@@H]1c1ccsc1. The number of hydrogen-bond acceptors (Lipinski definition) is 3. The zero-order valence-corrected chi connectivity index (χ0v) is 14.5. The third-order valence-electron chi connectivity index (χ3n) is 5.26. The molecule has 1 fully saturated rings. The van der Waals surface area contributed by atoms with Crippen LogP contribution >= 0.6 is 11.3 Å². The van der Waals surface area contributed by atoms with Crippen LogP contribution in [-0.2, 0) is 12.8 Å². The highest BCUT2D eigenvalue weighted by molar-refractivity contribution is 7.08. The molecule has 3 heterocycles. The van der Waals surface area contributed by atoms with Crippen molar-refractivity contribution in [2.45, 2.75) is 51.0 Å². The molecule has 2 aromatic rings. The number of rotatable bonds is 2. The lowest BCUT2D eigenvalue weighted by Crippen LogP contribution is -2.34. The number of H-pyrrole nitrogens is 1. The largest absolute Gasteiger partial charge is 0.331 e. The summed E-state index contributed by atoms with van der Waals surface area (Å²) in [4.78, 5) is 30.4. The molecule has 2 aromatic heterocycles. The quantitative estimate of drug-likeness (QED) is 0.847. The molecule has 4 rings (SSSR count). The van der Waals surface area contributed by atoms with E-state index in [9.17, 15) is 9.59 Å². The molecule has 0 aromatic carbocycles. The van der Waals surface area contributed by atoms with Gasteiger partial charge in [-0.1, -0.05) is 6.42 Å². The lowest BCUT2D eigenvalue weighted by Gasteiger charge is -2.24. The molecule has 1 aliphatic heterocycles. The van der Waals surface area contributed by atoms with Crippen molar-refractivity contribution in [2.75, 3.05) is 6.54 Å². The van der Waals surface area contributed by atoms with Crippen LogP contribution in [0, 0.1) is 0 Å². The van der Waals surface area contributed by atoms with Gasteiger partial charge >= 0.3 is 0 Å². The molecule has 0 saturated carbocycles. The van der Waals surface area contributed by atoms with Gasteiger partial charge < -0.3 is 9.88 Å². The molecule has 1 aliphatic carbocycles. The number of carbonyl (C=O) groups excluding carboxylic acids is 1. The monoisotopic (exact) mass is 342 g/mol. The molecule has 5 heteroatoms. The first kappa shape index (κ1) is 15.6. The fourth-order valence-electron chi connectivity index (χ4n) is 3.99. The van der Waals surface area contributed by atoms with E-state index in [-0.39, 0.29) is 17.5 Å². The number of nitrogens with one attached hydrogen (secondary N) is 1. The average Bonchev–Trinajstić information content (AvgIpc) is 3.21. The zero-order valence-electron chi connectivity index (χ0n) is 13.7. The van der Waals surface area contributed by atoms with Crippen molar-refractivity contribution in [3.05, 3.63) is 55.6 Å². The minimum absolute atomic E-state index is 0.113. The normalized spacial score (nSPS) is 20.7. The Morgan fingerprint density at radius 3 is 2.92 bits per heavy atom. The van der Waals surface area contributed by atoms with Crippen LogP contribution < -0.4 is 5.56 Å². The molecule has 2 aliphatic rings. The van der Waals surface area contributed by atoms with Crippen molar-refractivity contribution in [3.8, 4) is 0 Å². The van der Waals surface area contributed by atoms with Crippen molar-refractivity contribution < 1.29 is 4.79 Å². The third-order valence-corrected chi connectivity index (χ3v) is 5.96. The van der Waals surface area contributed by atoms with E-state index in [0.29, 0.717) is 5.56 Å². The van der Waals surface area contributed by atoms with Gasteiger partial charge in [0.2, 0.25) is 0 Å². The Hall–Kier alpha value is -1.88. The number of likely N-dealkylation sites (tertiary alicyclic amines) is 1. The average molecular weight is 342 g/mol. The molecule has 0 unspecified atom stereocenters. The Labute approximate surface area is 145 Å². The second-order valence-electron chi connectivity index (χ2n) is 6.79. The molecule has 126 valence electrons. The fourth-order valence-corrected chi connectivity index (χ4v) is 4.69. The maximum Gasteiger partial charge on any atom is 0.261 e. The van der Waals surface area contributed by atoms with Crippen molar-refractivity contribution in [1.29, 1.82) is 0 Å². The maximum absolute atomic E-state index is 13.1. The Kier molecular flexibility index (Phi) is 4.27. The van der Waals surface area contributed by atoms with Gasteiger partial charge in [0, 0.05) is 12.2 Å². The summed E-state index contributed by atoms with van der Waals surface area (Å²) in [6, 6.07) is 4.06. The molecule has 1 atom stereocenters. The van der Waals surface area contributed by atoms with Crippen molar-refractivity contribution in [3.63, 3.8) is 0 Å². The van der Waals surface area contributed by atoms with Crippen molar-refractivity contribution in [2.24, 2.45) is 0 Å². The maximum atomic E-state index is 13.1. The number of aromatic amines is 1. The number of amides is 1. The summed E-state index contributed by atoms with van der Waals surface area (Å²) in [5.74, 6) is -0.114. The van der Waals surface area contributed by atoms with Gasteiger partial charge in [-0.3, -0.25) is 9.59 Å². The summed E-state index contributed by atoms with van der Waals surface area (Å²) in [7, 11) is 0. The van der Waals surface area contributed by atoms with Gasteiger partial charge in [0.15, 0.2) is 0 Å². The highest BCUT2D eigenvalue weighted by Crippen LogP contribution is 2.34. The number of fused-ring (bicyclic) bond motifs is 1. The summed E-state index contributed by atoms with van der Waals surface area (Å²) in [6.07, 6.45) is 7.28. The number of aromatic nitrogens is 1. The molecule has 4 nitrogen and oxygen atoms in total. The number of carbonyl (C=O) groups is 1. The smallest absolute Gasteiger partial charge is 0.261 e. The lowest BCUT2D eigenvalue weighted by molar-refractivity contribution is 0.0734. The van der Waals surface area contributed by atoms with E-state index < -0.39 is 0 Å². The van der Waals surface area contributed by atoms with Gasteiger partial charge in [0.25, 0.3) is 11.5 Å². The first-order valence-corrected chi connectivity index (χ1v) is 9.76. The van der Waals surface area contributed by atoms with Gasteiger partial charge in [-0.05, 0) is 72.5 Å². The minimum Gasteiger partial charge on any atom is -0.331 e. The molecule has 1 N–H and O–H groups in total. The fraction of sp³-hybridized carbons (Fsp3) is 0.474. The zero-order chi connectivity index (χ0) is 16.5. The van der Waals surface area contributed by atoms with Crippen molar-refractivity contribution in [1.82, 2.24) is 9.88 Å². The topological polar surface area (TPSA) is 53.2 Å². The summed E-state index contributed by atoms with van der Waals surface area (Å²) in [6.45, 7) is 0.732. The second-order valence-corrected chi connectivity index (χ2v) is 7.57. The Morgan fingerprint density at radius 1 is 1.21 bits per heavy atom. The predicted octanol–water partition coefficient (Wildman–Crippen LogP) is 3.68. The Bertz CT molecular complexity index is 794. The van der Waals surface area contributed by atoms with Crippen LogP contribution in [-0.4, -0.2) is 22.3 Å². The van der Waals surface area contributed by atoms with Gasteiger partial charge in [0.05, 0.1) is 6.04 Å². The summed E-state index contributed by atoms with van der Waals surface area (Å²) in [5.41, 5.74) is 3.47. The van der Waals surface area contributed by atoms with Gasteiger partial charge in [-0.2, -0.15) is 11.3 Å². The molecule has 24 heavy (non-hydrogen) atoms. The predicted molar refractivity (Wildman–Crippen MR) is 95.7 cm³/mol. The first-order chi connectivity index (χ1) is 11.7. The van der Waals surface area contributed by atoms with E-state index in [1.54, 1.807) is 11.3 Å². The van der Waals surface area contributed by atoms with Crippen LogP contribution in [0.15, 0.2) is 27.7 Å². The van der Waals surface area contributed by atoms with E-state index in [4.69, 9.17) is 0 Å². The van der Waals surface area contributed by atoms with Crippen LogP contribution in [0.3, 0.4) is 0 Å². The highest BCUT2D eigenvalue weighted by Gasteiger charge is 2.32. The Balaban J connectivity index is 1.67. The number of nitrogens with zero attached hydrogens (tertiary/aromatic N) is 1. The van der Waals surface area contributed by atoms with Crippen LogP contribution in [0.5, 0.6) is 0 Å². The lowest BCUT2D eigenvalue weighted by atomic mass is 10.0. The standard InChI is InChI=1S/C19H22N2O2S/c22-18-15(11-13-5-2-1-3-6-16(13)20-18)19(23)21-9-4-7-17(21)14-8-10-24-12-14/h8,10-12,17H,1-7,9H2,(H,20,22)/t17-/m1/s1. The molecule has 1 amide bonds. The first-order valence-electron chi connectivity index (χ1n) is 8.82. The molecular formula is C19H22N2O2S. The van der Waals surface area contributed by atoms with Crippen LogP contribution in [0.4, 0.5) is 0 Å². The van der Waals surface area contributed by atoms with Crippen LogP contribution in [0.2, 0.25) is 0 Å². The third kappa shape index (κ3) is 2.81. The number of aryl methyl sites for hydroxylation is 2. The van der Waals surface area contributed by atoms with E-state index >= 15 is 0 Å². The summed E-state index contributed by atoms with van der Waals surface area (Å²) < 4.78 is 0. The molecular weight excluding hydrogens is 320 g/mol. The van der Waals surface area contributed by atoms with Crippen LogP contribution in [0.1, 0.15) is 65.3 Å². The van der Waals surface area contributed by atoms with E-state index in [1.165, 1.54) is 12.0 Å². The van der Waals surface area contributed by atoms with E-state index in [2.05, 4.69) is 16.4 Å². The number of pyridine rings is 1.